The molecule has 21 heavy (non-hydrogen) atoms. The molecule has 0 bridgehead atoms. The van der Waals surface area contributed by atoms with Crippen LogP contribution in [0.5, 0.6) is 0 Å². The molecule has 0 heterocycles. The molecule has 2 N–H and O–H groups in total. The molecule has 0 atom stereocenters. The maximum absolute atomic E-state index is 13.8. The van der Waals surface area contributed by atoms with E-state index >= 15 is 0 Å². The molecule has 0 saturated heterocycles. The molecule has 1 aliphatic rings. The van der Waals surface area contributed by atoms with Crippen molar-refractivity contribution in [2.24, 2.45) is 5.92 Å². The third-order valence-electron chi connectivity index (χ3n) is 3.95. The van der Waals surface area contributed by atoms with Gasteiger partial charge in [-0.25, -0.2) is 17.5 Å². The second-order valence-electron chi connectivity index (χ2n) is 5.65. The molecule has 0 aromatic heterocycles. The van der Waals surface area contributed by atoms with E-state index in [2.05, 4.69) is 10.0 Å². The third kappa shape index (κ3) is 4.49. The molecule has 1 aliphatic carbocycles. The van der Waals surface area contributed by atoms with E-state index in [1.807, 2.05) is 0 Å². The van der Waals surface area contributed by atoms with Crippen LogP contribution < -0.4 is 10.0 Å². The van der Waals surface area contributed by atoms with Crippen LogP contribution in [0, 0.1) is 11.7 Å². The molecule has 6 heteroatoms. The van der Waals surface area contributed by atoms with Gasteiger partial charge in [0, 0.05) is 13.1 Å². The maximum atomic E-state index is 13.8. The predicted molar refractivity (Wildman–Crippen MR) is 80.9 cm³/mol. The van der Waals surface area contributed by atoms with Crippen LogP contribution in [-0.4, -0.2) is 22.0 Å². The summed E-state index contributed by atoms with van der Waals surface area (Å²) in [6.07, 6.45) is 5.62. The molecule has 0 unspecified atom stereocenters. The van der Waals surface area contributed by atoms with Crippen molar-refractivity contribution in [3.63, 3.8) is 0 Å². The van der Waals surface area contributed by atoms with E-state index in [1.165, 1.54) is 18.6 Å². The van der Waals surface area contributed by atoms with Gasteiger partial charge >= 0.3 is 0 Å². The van der Waals surface area contributed by atoms with Crippen LogP contribution in [0.1, 0.15) is 37.7 Å². The Hall–Kier alpha value is -0.980. The number of nitrogens with one attached hydrogen (secondary N) is 2. The molecule has 0 radical (unpaired) electrons. The summed E-state index contributed by atoms with van der Waals surface area (Å²) in [5.41, 5.74) is 0.747. The lowest BCUT2D eigenvalue weighted by atomic mass is 9.90. The molecule has 1 aromatic rings. The molecule has 118 valence electrons. The van der Waals surface area contributed by atoms with Crippen molar-refractivity contribution < 1.29 is 12.8 Å². The third-order valence-corrected chi connectivity index (χ3v) is 5.39. The van der Waals surface area contributed by atoms with Gasteiger partial charge in [-0.3, -0.25) is 0 Å². The van der Waals surface area contributed by atoms with E-state index in [1.54, 1.807) is 13.1 Å². The highest BCUT2D eigenvalue weighted by Gasteiger charge is 2.22. The monoisotopic (exact) mass is 314 g/mol. The van der Waals surface area contributed by atoms with Crippen molar-refractivity contribution in [3.8, 4) is 0 Å². The fraction of sp³-hybridized carbons (Fsp3) is 0.600. The van der Waals surface area contributed by atoms with Gasteiger partial charge in [0.05, 0.1) is 0 Å². The summed E-state index contributed by atoms with van der Waals surface area (Å²) in [6, 6.07) is 4.20. The minimum Gasteiger partial charge on any atom is -0.316 e. The Balaban J connectivity index is 2.08. The van der Waals surface area contributed by atoms with Gasteiger partial charge in [-0.15, -0.1) is 0 Å². The van der Waals surface area contributed by atoms with Crippen molar-refractivity contribution in [1.82, 2.24) is 10.0 Å². The van der Waals surface area contributed by atoms with E-state index in [0.717, 1.165) is 31.2 Å². The van der Waals surface area contributed by atoms with Crippen molar-refractivity contribution >= 4 is 10.0 Å². The van der Waals surface area contributed by atoms with E-state index in [-0.39, 0.29) is 4.90 Å². The second-order valence-corrected chi connectivity index (χ2v) is 7.39. The lowest BCUT2D eigenvalue weighted by Gasteiger charge is -2.21. The van der Waals surface area contributed by atoms with Crippen LogP contribution in [-0.2, 0) is 16.6 Å². The van der Waals surface area contributed by atoms with Crippen LogP contribution in [0.3, 0.4) is 0 Å². The van der Waals surface area contributed by atoms with Crippen LogP contribution in [0.4, 0.5) is 4.39 Å². The minimum absolute atomic E-state index is 0.258. The van der Waals surface area contributed by atoms with Crippen LogP contribution in [0.25, 0.3) is 0 Å². The van der Waals surface area contributed by atoms with Crippen LogP contribution in [0.2, 0.25) is 0 Å². The van der Waals surface area contributed by atoms with E-state index in [4.69, 9.17) is 0 Å². The normalized spacial score (nSPS) is 17.0. The smallest absolute Gasteiger partial charge is 0.243 e. The fourth-order valence-corrected chi connectivity index (χ4v) is 4.01. The number of benzene rings is 1. The Morgan fingerprint density at radius 1 is 1.24 bits per heavy atom. The highest BCUT2D eigenvalue weighted by Crippen LogP contribution is 2.24. The molecule has 4 nitrogen and oxygen atoms in total. The highest BCUT2D eigenvalue weighted by atomic mass is 32.2. The number of hydrogen-bond acceptors (Lipinski definition) is 3. The average molecular weight is 314 g/mol. The maximum Gasteiger partial charge on any atom is 0.243 e. The van der Waals surface area contributed by atoms with Gasteiger partial charge in [-0.1, -0.05) is 25.3 Å². The van der Waals surface area contributed by atoms with Gasteiger partial charge in [-0.2, -0.15) is 0 Å². The molecule has 0 aliphatic heterocycles. The van der Waals surface area contributed by atoms with Gasteiger partial charge in [-0.05, 0) is 43.5 Å². The number of sulfonamides is 1. The zero-order valence-corrected chi connectivity index (χ0v) is 13.2. The molecule has 2 rings (SSSR count). The Morgan fingerprint density at radius 2 is 1.95 bits per heavy atom. The summed E-state index contributed by atoms with van der Waals surface area (Å²) in [6.45, 7) is 0.906. The SMILES string of the molecule is CNCc1ccc(F)c(S(=O)(=O)NCC2CCCCC2)c1. The number of hydrogen-bond donors (Lipinski definition) is 2. The Bertz CT molecular complexity index is 569. The molecule has 1 saturated carbocycles. The Kier molecular flexibility index (Phi) is 5.72. The van der Waals surface area contributed by atoms with Gasteiger partial charge < -0.3 is 5.32 Å². The molecule has 1 aromatic carbocycles. The first-order valence-electron chi connectivity index (χ1n) is 7.45. The van der Waals surface area contributed by atoms with Crippen molar-refractivity contribution in [2.45, 2.75) is 43.5 Å². The summed E-state index contributed by atoms with van der Waals surface area (Å²) in [5, 5.41) is 2.93. The largest absolute Gasteiger partial charge is 0.316 e. The lowest BCUT2D eigenvalue weighted by Crippen LogP contribution is -2.31. The minimum atomic E-state index is -3.78. The van der Waals surface area contributed by atoms with E-state index in [9.17, 15) is 12.8 Å². The molecule has 1 fully saturated rings. The Labute approximate surface area is 126 Å². The Morgan fingerprint density at radius 3 is 2.62 bits per heavy atom. The van der Waals surface area contributed by atoms with Crippen molar-refractivity contribution in [3.05, 3.63) is 29.6 Å². The second kappa shape index (κ2) is 7.33. The summed E-state index contributed by atoms with van der Waals surface area (Å²) in [5.74, 6) is -0.330. The van der Waals surface area contributed by atoms with E-state index < -0.39 is 15.8 Å². The molecular weight excluding hydrogens is 291 g/mol. The summed E-state index contributed by atoms with van der Waals surface area (Å²) in [7, 11) is -2.02. The average Bonchev–Trinajstić information content (AvgIpc) is 2.48. The quantitative estimate of drug-likeness (QED) is 0.848. The highest BCUT2D eigenvalue weighted by molar-refractivity contribution is 7.89. The van der Waals surface area contributed by atoms with Gasteiger partial charge in [0.1, 0.15) is 10.7 Å². The summed E-state index contributed by atoms with van der Waals surface area (Å²) >= 11 is 0. The lowest BCUT2D eigenvalue weighted by molar-refractivity contribution is 0.357. The number of halogens is 1. The summed E-state index contributed by atoms with van der Waals surface area (Å²) in [4.78, 5) is -0.258. The molecule has 0 amide bonds. The predicted octanol–water partition coefficient (Wildman–Crippen LogP) is 2.40. The fourth-order valence-electron chi connectivity index (χ4n) is 2.76. The summed E-state index contributed by atoms with van der Waals surface area (Å²) < 4.78 is 41.0. The standard InChI is InChI=1S/C15H23FN2O2S/c1-17-10-13-7-8-14(16)15(9-13)21(19,20)18-11-12-5-3-2-4-6-12/h7-9,12,17-18H,2-6,10-11H2,1H3. The van der Waals surface area contributed by atoms with Crippen molar-refractivity contribution in [2.75, 3.05) is 13.6 Å². The zero-order chi connectivity index (χ0) is 15.3. The zero-order valence-electron chi connectivity index (χ0n) is 12.4. The molecular formula is C15H23FN2O2S. The van der Waals surface area contributed by atoms with Gasteiger partial charge in [0.25, 0.3) is 0 Å². The molecule has 0 spiro atoms. The van der Waals surface area contributed by atoms with Gasteiger partial charge in [0.2, 0.25) is 10.0 Å². The first-order valence-corrected chi connectivity index (χ1v) is 8.94. The van der Waals surface area contributed by atoms with Crippen molar-refractivity contribution in [1.29, 1.82) is 0 Å². The first kappa shape index (κ1) is 16.4. The van der Waals surface area contributed by atoms with Crippen LogP contribution in [0.15, 0.2) is 23.1 Å². The van der Waals surface area contributed by atoms with Gasteiger partial charge in [0.15, 0.2) is 0 Å². The first-order chi connectivity index (χ1) is 10.0. The number of rotatable bonds is 6. The van der Waals surface area contributed by atoms with Crippen LogP contribution >= 0.6 is 0 Å². The topological polar surface area (TPSA) is 58.2 Å². The van der Waals surface area contributed by atoms with E-state index in [0.29, 0.717) is 19.0 Å².